The first-order valence-corrected chi connectivity index (χ1v) is 11.0. The van der Waals surface area contributed by atoms with E-state index in [4.69, 9.17) is 9.15 Å². The second kappa shape index (κ2) is 8.15. The summed E-state index contributed by atoms with van der Waals surface area (Å²) in [7, 11) is 4.90. The molecule has 2 N–H and O–H groups in total. The summed E-state index contributed by atoms with van der Waals surface area (Å²) in [6, 6.07) is 11.6. The van der Waals surface area contributed by atoms with Gasteiger partial charge in [0, 0.05) is 31.6 Å². The van der Waals surface area contributed by atoms with Gasteiger partial charge in [0.15, 0.2) is 5.54 Å². The van der Waals surface area contributed by atoms with Gasteiger partial charge in [-0.3, -0.25) is 19.7 Å². The predicted octanol–water partition coefficient (Wildman–Crippen LogP) is 1.76. The number of furan rings is 1. The standard InChI is InChI=1S/C25H24N4O6/c1-28(2)21(30)9-14-4-7-19-16(8-14)10-20(35-19)25(23(32)26-24(33)27-25)13-29-12-15-5-6-17(34-3)11-18(15)22(29)31/h4-8,10-11H,9,12-13H2,1-3H3,(H2,26,27,32,33)/t25-/m0/s1. The number of nitrogens with one attached hydrogen (secondary N) is 2. The zero-order chi connectivity index (χ0) is 24.9. The lowest BCUT2D eigenvalue weighted by Gasteiger charge is -2.29. The Balaban J connectivity index is 1.49. The first kappa shape index (κ1) is 22.5. The van der Waals surface area contributed by atoms with E-state index in [2.05, 4.69) is 10.6 Å². The van der Waals surface area contributed by atoms with E-state index in [0.29, 0.717) is 22.3 Å². The van der Waals surface area contributed by atoms with Gasteiger partial charge in [0.2, 0.25) is 5.91 Å². The number of methoxy groups -OCH3 is 1. The normalized spacial score (nSPS) is 19.1. The molecular formula is C25H24N4O6. The fraction of sp³-hybridized carbons (Fsp3) is 0.280. The van der Waals surface area contributed by atoms with Crippen molar-refractivity contribution in [2.45, 2.75) is 18.5 Å². The molecule has 0 radical (unpaired) electrons. The van der Waals surface area contributed by atoms with Crippen molar-refractivity contribution in [3.63, 3.8) is 0 Å². The Kier molecular flexibility index (Phi) is 5.23. The first-order chi connectivity index (χ1) is 16.7. The highest BCUT2D eigenvalue weighted by atomic mass is 16.5. The molecule has 5 rings (SSSR count). The molecule has 1 atom stereocenters. The van der Waals surface area contributed by atoms with Crippen LogP contribution in [0.1, 0.15) is 27.2 Å². The predicted molar refractivity (Wildman–Crippen MR) is 125 cm³/mol. The highest BCUT2D eigenvalue weighted by molar-refractivity contribution is 6.08. The lowest BCUT2D eigenvalue weighted by atomic mass is 9.95. The van der Waals surface area contributed by atoms with Crippen LogP contribution in [0.25, 0.3) is 11.0 Å². The quantitative estimate of drug-likeness (QED) is 0.523. The Bertz CT molecular complexity index is 1390. The van der Waals surface area contributed by atoms with Crippen LogP contribution in [0.5, 0.6) is 5.75 Å². The van der Waals surface area contributed by atoms with Crippen molar-refractivity contribution in [3.8, 4) is 5.75 Å². The van der Waals surface area contributed by atoms with Gasteiger partial charge in [-0.2, -0.15) is 0 Å². The number of rotatable bonds is 6. The van der Waals surface area contributed by atoms with Crippen molar-refractivity contribution < 1.29 is 28.3 Å². The molecule has 0 saturated carbocycles. The van der Waals surface area contributed by atoms with Crippen molar-refractivity contribution >= 4 is 34.7 Å². The number of nitrogens with zero attached hydrogens (tertiary/aromatic N) is 2. The largest absolute Gasteiger partial charge is 0.497 e. The summed E-state index contributed by atoms with van der Waals surface area (Å²) in [6.07, 6.45) is 0.218. The molecule has 0 bridgehead atoms. The van der Waals surface area contributed by atoms with Gasteiger partial charge in [-0.05, 0) is 41.5 Å². The van der Waals surface area contributed by atoms with Gasteiger partial charge in [0.1, 0.15) is 17.1 Å². The van der Waals surface area contributed by atoms with E-state index in [9.17, 15) is 19.2 Å². The number of benzene rings is 2. The van der Waals surface area contributed by atoms with Crippen LogP contribution in [0.3, 0.4) is 0 Å². The molecule has 0 spiro atoms. The van der Waals surface area contributed by atoms with E-state index < -0.39 is 17.5 Å². The third kappa shape index (κ3) is 3.76. The Morgan fingerprint density at radius 2 is 1.94 bits per heavy atom. The van der Waals surface area contributed by atoms with Crippen LogP contribution in [-0.4, -0.2) is 61.3 Å². The molecular weight excluding hydrogens is 452 g/mol. The molecule has 3 aromatic rings. The summed E-state index contributed by atoms with van der Waals surface area (Å²) in [5.41, 5.74) is 0.976. The minimum atomic E-state index is -1.60. The van der Waals surface area contributed by atoms with Crippen molar-refractivity contribution in [1.29, 1.82) is 0 Å². The first-order valence-electron chi connectivity index (χ1n) is 11.0. The van der Waals surface area contributed by atoms with E-state index >= 15 is 0 Å². The number of carbonyl (C=O) groups excluding carboxylic acids is 4. The maximum Gasteiger partial charge on any atom is 0.322 e. The molecule has 2 aliphatic rings. The number of urea groups is 1. The number of likely N-dealkylation sites (N-methyl/N-ethyl adjacent to an activating group) is 1. The third-order valence-corrected chi connectivity index (χ3v) is 6.42. The van der Waals surface area contributed by atoms with Crippen LogP contribution in [0.4, 0.5) is 4.79 Å². The number of imide groups is 1. The van der Waals surface area contributed by atoms with Crippen LogP contribution in [0, 0.1) is 0 Å². The molecule has 0 unspecified atom stereocenters. The topological polar surface area (TPSA) is 121 Å². The molecule has 1 aromatic heterocycles. The molecule has 1 fully saturated rings. The van der Waals surface area contributed by atoms with Crippen LogP contribution < -0.4 is 15.4 Å². The van der Waals surface area contributed by atoms with Crippen molar-refractivity contribution in [2.75, 3.05) is 27.7 Å². The molecule has 2 aromatic carbocycles. The molecule has 1 saturated heterocycles. The van der Waals surface area contributed by atoms with Gasteiger partial charge in [0.25, 0.3) is 11.8 Å². The van der Waals surface area contributed by atoms with Crippen LogP contribution in [0.2, 0.25) is 0 Å². The minimum absolute atomic E-state index is 0.0456. The van der Waals surface area contributed by atoms with Gasteiger partial charge in [-0.1, -0.05) is 12.1 Å². The second-order valence-corrected chi connectivity index (χ2v) is 8.95. The lowest BCUT2D eigenvalue weighted by molar-refractivity contribution is -0.128. The lowest BCUT2D eigenvalue weighted by Crippen LogP contribution is -2.52. The van der Waals surface area contributed by atoms with Gasteiger partial charge in [0.05, 0.1) is 20.1 Å². The Labute approximate surface area is 200 Å². The maximum absolute atomic E-state index is 13.1. The number of ether oxygens (including phenoxy) is 1. The molecule has 35 heavy (non-hydrogen) atoms. The average Bonchev–Trinajstić information content (AvgIpc) is 3.47. The summed E-state index contributed by atoms with van der Waals surface area (Å²) < 4.78 is 11.2. The fourth-order valence-corrected chi connectivity index (χ4v) is 4.48. The van der Waals surface area contributed by atoms with Crippen molar-refractivity contribution in [1.82, 2.24) is 20.4 Å². The number of carbonyl (C=O) groups is 4. The Morgan fingerprint density at radius 1 is 1.14 bits per heavy atom. The van der Waals surface area contributed by atoms with Gasteiger partial charge >= 0.3 is 6.03 Å². The SMILES string of the molecule is COc1ccc2c(c1)C(=O)N(C[C@@]1(c3cc4cc(CC(=O)N(C)C)ccc4o3)NC(=O)NC1=O)C2. The van der Waals surface area contributed by atoms with Gasteiger partial charge in [-0.15, -0.1) is 0 Å². The summed E-state index contributed by atoms with van der Waals surface area (Å²) in [6.45, 7) is 0.159. The highest BCUT2D eigenvalue weighted by Crippen LogP contribution is 2.35. The van der Waals surface area contributed by atoms with Crippen molar-refractivity contribution in [3.05, 3.63) is 64.9 Å². The molecule has 3 heterocycles. The summed E-state index contributed by atoms with van der Waals surface area (Å²) in [4.78, 5) is 53.6. The summed E-state index contributed by atoms with van der Waals surface area (Å²) in [5.74, 6) is -0.163. The molecule has 10 nitrogen and oxygen atoms in total. The Morgan fingerprint density at radius 3 is 2.63 bits per heavy atom. The summed E-state index contributed by atoms with van der Waals surface area (Å²) in [5, 5.41) is 5.63. The third-order valence-electron chi connectivity index (χ3n) is 6.42. The van der Waals surface area contributed by atoms with Gasteiger partial charge in [-0.25, -0.2) is 4.79 Å². The van der Waals surface area contributed by atoms with Crippen LogP contribution in [-0.2, 0) is 28.1 Å². The van der Waals surface area contributed by atoms with Crippen LogP contribution in [0.15, 0.2) is 46.9 Å². The molecule has 180 valence electrons. The minimum Gasteiger partial charge on any atom is -0.497 e. The van der Waals surface area contributed by atoms with Crippen molar-refractivity contribution in [2.24, 2.45) is 0 Å². The monoisotopic (exact) mass is 476 g/mol. The number of fused-ring (bicyclic) bond motifs is 2. The van der Waals surface area contributed by atoms with E-state index in [1.165, 1.54) is 16.9 Å². The molecule has 2 aliphatic heterocycles. The number of hydrogen-bond donors (Lipinski definition) is 2. The Hall–Kier alpha value is -4.34. The molecule has 10 heteroatoms. The summed E-state index contributed by atoms with van der Waals surface area (Å²) >= 11 is 0. The highest BCUT2D eigenvalue weighted by Gasteiger charge is 2.53. The molecule has 5 amide bonds. The van der Waals surface area contributed by atoms with E-state index in [1.54, 1.807) is 44.4 Å². The van der Waals surface area contributed by atoms with E-state index in [0.717, 1.165) is 11.1 Å². The van der Waals surface area contributed by atoms with Crippen LogP contribution >= 0.6 is 0 Å². The van der Waals surface area contributed by atoms with Gasteiger partial charge < -0.3 is 24.3 Å². The maximum atomic E-state index is 13.1. The second-order valence-electron chi connectivity index (χ2n) is 8.95. The molecule has 0 aliphatic carbocycles. The van der Waals surface area contributed by atoms with E-state index in [-0.39, 0.29) is 37.1 Å². The number of hydrogen-bond acceptors (Lipinski definition) is 6. The van der Waals surface area contributed by atoms with E-state index in [1.807, 2.05) is 12.1 Å². The average molecular weight is 476 g/mol. The smallest absolute Gasteiger partial charge is 0.322 e. The fourth-order valence-electron chi connectivity index (χ4n) is 4.48. The zero-order valence-corrected chi connectivity index (χ0v) is 19.5. The number of amides is 5. The zero-order valence-electron chi connectivity index (χ0n) is 19.5.